The summed E-state index contributed by atoms with van der Waals surface area (Å²) in [4.78, 5) is 11.6. The Hall–Kier alpha value is -1.59. The van der Waals surface area contributed by atoms with Crippen molar-refractivity contribution in [2.75, 3.05) is 32.1 Å². The van der Waals surface area contributed by atoms with Crippen molar-refractivity contribution in [3.63, 3.8) is 0 Å². The third-order valence-electron chi connectivity index (χ3n) is 2.62. The zero-order valence-corrected chi connectivity index (χ0v) is 11.1. The van der Waals surface area contributed by atoms with Crippen molar-refractivity contribution < 1.29 is 14.6 Å². The molecule has 0 saturated carbocycles. The Morgan fingerprint density at radius 2 is 2.21 bits per heavy atom. The quantitative estimate of drug-likeness (QED) is 0.454. The molecule has 0 spiro atoms. The van der Waals surface area contributed by atoms with Gasteiger partial charge in [-0.3, -0.25) is 4.79 Å². The van der Waals surface area contributed by atoms with Crippen LogP contribution < -0.4 is 11.1 Å². The summed E-state index contributed by atoms with van der Waals surface area (Å²) in [6.45, 7) is 1.53. The average Bonchev–Trinajstić information content (AvgIpc) is 2.40. The van der Waals surface area contributed by atoms with Gasteiger partial charge in [-0.25, -0.2) is 0 Å². The maximum absolute atomic E-state index is 11.6. The number of hydrogen-bond donors (Lipinski definition) is 3. The lowest BCUT2D eigenvalue weighted by atomic mass is 10.1. The number of nitrogens with two attached hydrogens (primary N) is 1. The zero-order valence-electron chi connectivity index (χ0n) is 11.1. The number of hydrogen-bond acceptors (Lipinski definition) is 4. The van der Waals surface area contributed by atoms with E-state index < -0.39 is 0 Å². The minimum absolute atomic E-state index is 0.0320. The minimum Gasteiger partial charge on any atom is -0.399 e. The van der Waals surface area contributed by atoms with Gasteiger partial charge in [-0.2, -0.15) is 0 Å². The SMILES string of the molecule is Nc1cccc(CCC(=O)NCCCOCCO)c1. The van der Waals surface area contributed by atoms with E-state index >= 15 is 0 Å². The highest BCUT2D eigenvalue weighted by Crippen LogP contribution is 2.08. The van der Waals surface area contributed by atoms with Gasteiger partial charge in [0, 0.05) is 25.3 Å². The first kappa shape index (κ1) is 15.5. The van der Waals surface area contributed by atoms with Crippen molar-refractivity contribution in [2.45, 2.75) is 19.3 Å². The van der Waals surface area contributed by atoms with E-state index in [4.69, 9.17) is 15.6 Å². The fourth-order valence-electron chi connectivity index (χ4n) is 1.66. The van der Waals surface area contributed by atoms with Gasteiger partial charge in [0.15, 0.2) is 0 Å². The molecule has 0 aromatic heterocycles. The van der Waals surface area contributed by atoms with Gasteiger partial charge in [0.25, 0.3) is 0 Å². The van der Waals surface area contributed by atoms with E-state index in [0.29, 0.717) is 32.6 Å². The third-order valence-corrected chi connectivity index (χ3v) is 2.62. The molecule has 0 aliphatic heterocycles. The van der Waals surface area contributed by atoms with Crippen LogP contribution in [-0.4, -0.2) is 37.4 Å². The van der Waals surface area contributed by atoms with Crippen LogP contribution in [0.2, 0.25) is 0 Å². The van der Waals surface area contributed by atoms with Crippen molar-refractivity contribution in [3.8, 4) is 0 Å². The number of anilines is 1. The number of amides is 1. The second kappa shape index (κ2) is 9.35. The number of rotatable bonds is 9. The van der Waals surface area contributed by atoms with E-state index in [9.17, 15) is 4.79 Å². The summed E-state index contributed by atoms with van der Waals surface area (Å²) in [6, 6.07) is 7.57. The van der Waals surface area contributed by atoms with Gasteiger partial charge in [-0.05, 0) is 30.5 Å². The first-order valence-electron chi connectivity index (χ1n) is 6.52. The number of aliphatic hydroxyl groups is 1. The van der Waals surface area contributed by atoms with Gasteiger partial charge in [-0.1, -0.05) is 12.1 Å². The highest BCUT2D eigenvalue weighted by molar-refractivity contribution is 5.76. The topological polar surface area (TPSA) is 84.6 Å². The number of aryl methyl sites for hydroxylation is 1. The molecule has 5 nitrogen and oxygen atoms in total. The predicted molar refractivity (Wildman–Crippen MR) is 74.7 cm³/mol. The molecule has 0 aliphatic carbocycles. The Morgan fingerprint density at radius 1 is 1.37 bits per heavy atom. The first-order valence-corrected chi connectivity index (χ1v) is 6.52. The van der Waals surface area contributed by atoms with Crippen LogP contribution in [0.5, 0.6) is 0 Å². The molecule has 106 valence electrons. The largest absolute Gasteiger partial charge is 0.399 e. The lowest BCUT2D eigenvalue weighted by molar-refractivity contribution is -0.121. The number of ether oxygens (including phenoxy) is 1. The fraction of sp³-hybridized carbons (Fsp3) is 0.500. The molecular weight excluding hydrogens is 244 g/mol. The summed E-state index contributed by atoms with van der Waals surface area (Å²) in [5.74, 6) is 0.0320. The summed E-state index contributed by atoms with van der Waals surface area (Å²) in [5, 5.41) is 11.3. The third kappa shape index (κ3) is 7.43. The Labute approximate surface area is 113 Å². The summed E-state index contributed by atoms with van der Waals surface area (Å²) in [7, 11) is 0. The van der Waals surface area contributed by atoms with Crippen molar-refractivity contribution in [1.82, 2.24) is 5.32 Å². The van der Waals surface area contributed by atoms with Gasteiger partial charge in [0.05, 0.1) is 13.2 Å². The Bertz CT molecular complexity index is 383. The minimum atomic E-state index is 0.0320. The summed E-state index contributed by atoms with van der Waals surface area (Å²) >= 11 is 0. The molecule has 5 heteroatoms. The number of carbonyl (C=O) groups is 1. The Morgan fingerprint density at radius 3 is 2.95 bits per heavy atom. The highest BCUT2D eigenvalue weighted by atomic mass is 16.5. The summed E-state index contributed by atoms with van der Waals surface area (Å²) in [5.41, 5.74) is 7.46. The molecule has 1 aromatic rings. The van der Waals surface area contributed by atoms with Crippen LogP contribution in [0, 0.1) is 0 Å². The van der Waals surface area contributed by atoms with E-state index in [1.807, 2.05) is 24.3 Å². The van der Waals surface area contributed by atoms with E-state index in [2.05, 4.69) is 5.32 Å². The Balaban J connectivity index is 2.08. The molecule has 19 heavy (non-hydrogen) atoms. The van der Waals surface area contributed by atoms with Crippen LogP contribution in [0.15, 0.2) is 24.3 Å². The van der Waals surface area contributed by atoms with Gasteiger partial charge in [0.2, 0.25) is 5.91 Å². The predicted octanol–water partition coefficient (Wildman–Crippen LogP) is 0.717. The molecule has 0 fully saturated rings. The van der Waals surface area contributed by atoms with E-state index in [1.165, 1.54) is 0 Å². The molecule has 1 amide bonds. The maximum Gasteiger partial charge on any atom is 0.220 e. The number of benzene rings is 1. The van der Waals surface area contributed by atoms with Crippen molar-refractivity contribution in [3.05, 3.63) is 29.8 Å². The van der Waals surface area contributed by atoms with Crippen molar-refractivity contribution in [1.29, 1.82) is 0 Å². The Kier molecular flexibility index (Phi) is 7.62. The van der Waals surface area contributed by atoms with E-state index in [-0.39, 0.29) is 12.5 Å². The van der Waals surface area contributed by atoms with E-state index in [1.54, 1.807) is 0 Å². The molecule has 0 saturated heterocycles. The molecular formula is C14H22N2O3. The van der Waals surface area contributed by atoms with Crippen LogP contribution in [0.25, 0.3) is 0 Å². The molecule has 0 bridgehead atoms. The monoisotopic (exact) mass is 266 g/mol. The number of nitrogen functional groups attached to an aromatic ring is 1. The molecule has 0 heterocycles. The van der Waals surface area contributed by atoms with Crippen LogP contribution in [0.1, 0.15) is 18.4 Å². The van der Waals surface area contributed by atoms with Crippen LogP contribution in [0.4, 0.5) is 5.69 Å². The number of carbonyl (C=O) groups excluding carboxylic acids is 1. The average molecular weight is 266 g/mol. The van der Waals surface area contributed by atoms with Gasteiger partial charge >= 0.3 is 0 Å². The summed E-state index contributed by atoms with van der Waals surface area (Å²) < 4.78 is 5.09. The van der Waals surface area contributed by atoms with Crippen LogP contribution in [0.3, 0.4) is 0 Å². The highest BCUT2D eigenvalue weighted by Gasteiger charge is 2.02. The molecule has 0 atom stereocenters. The zero-order chi connectivity index (χ0) is 13.9. The lowest BCUT2D eigenvalue weighted by Crippen LogP contribution is -2.25. The van der Waals surface area contributed by atoms with E-state index in [0.717, 1.165) is 17.7 Å². The standard InChI is InChI=1S/C14H22N2O3/c15-13-4-1-3-12(11-13)5-6-14(18)16-7-2-9-19-10-8-17/h1,3-4,11,17H,2,5-10,15H2,(H,16,18). The summed E-state index contributed by atoms with van der Waals surface area (Å²) in [6.07, 6.45) is 1.91. The molecule has 0 aliphatic rings. The van der Waals surface area contributed by atoms with Crippen LogP contribution >= 0.6 is 0 Å². The second-order valence-electron chi connectivity index (χ2n) is 4.28. The van der Waals surface area contributed by atoms with Gasteiger partial charge in [0.1, 0.15) is 0 Å². The normalized spacial score (nSPS) is 10.4. The maximum atomic E-state index is 11.6. The lowest BCUT2D eigenvalue weighted by Gasteiger charge is -2.06. The van der Waals surface area contributed by atoms with Gasteiger partial charge in [-0.15, -0.1) is 0 Å². The second-order valence-corrected chi connectivity index (χ2v) is 4.28. The molecule has 0 radical (unpaired) electrons. The first-order chi connectivity index (χ1) is 9.22. The van der Waals surface area contributed by atoms with Crippen molar-refractivity contribution in [2.24, 2.45) is 0 Å². The molecule has 1 aromatic carbocycles. The smallest absolute Gasteiger partial charge is 0.220 e. The van der Waals surface area contributed by atoms with Gasteiger partial charge < -0.3 is 20.9 Å². The number of aliphatic hydroxyl groups excluding tert-OH is 1. The molecule has 0 unspecified atom stereocenters. The number of nitrogens with one attached hydrogen (secondary N) is 1. The molecule has 4 N–H and O–H groups in total. The van der Waals surface area contributed by atoms with Crippen LogP contribution in [-0.2, 0) is 16.0 Å². The fourth-order valence-corrected chi connectivity index (χ4v) is 1.66. The van der Waals surface area contributed by atoms with Crippen molar-refractivity contribution >= 4 is 11.6 Å². The molecule has 1 rings (SSSR count).